The third-order valence-corrected chi connectivity index (χ3v) is 4.73. The van der Waals surface area contributed by atoms with Crippen molar-refractivity contribution in [3.63, 3.8) is 0 Å². The molecular formula is C19H19ClN6O2. The first-order valence-electron chi connectivity index (χ1n) is 8.91. The van der Waals surface area contributed by atoms with E-state index in [0.717, 1.165) is 18.8 Å². The average molecular weight is 399 g/mol. The van der Waals surface area contributed by atoms with Gasteiger partial charge in [0.05, 0.1) is 12.4 Å². The molecule has 1 fully saturated rings. The van der Waals surface area contributed by atoms with E-state index in [9.17, 15) is 4.79 Å². The van der Waals surface area contributed by atoms with Crippen molar-refractivity contribution in [1.82, 2.24) is 20.0 Å². The van der Waals surface area contributed by atoms with Gasteiger partial charge in [-0.25, -0.2) is 9.97 Å². The normalized spacial score (nSPS) is 14.2. The Bertz CT molecular complexity index is 967. The molecule has 0 saturated carbocycles. The maximum atomic E-state index is 12.7. The van der Waals surface area contributed by atoms with Gasteiger partial charge in [-0.05, 0) is 25.1 Å². The second-order valence-electron chi connectivity index (χ2n) is 6.49. The number of nitrogens with zero attached hydrogens (tertiary/aromatic N) is 5. The molecule has 3 aromatic rings. The summed E-state index contributed by atoms with van der Waals surface area (Å²) in [7, 11) is 0. The van der Waals surface area contributed by atoms with Crippen LogP contribution in [0.15, 0.2) is 47.2 Å². The molecule has 9 heteroatoms. The monoisotopic (exact) mass is 398 g/mol. The fourth-order valence-corrected chi connectivity index (χ4v) is 3.25. The third-order valence-electron chi connectivity index (χ3n) is 4.50. The number of aromatic nitrogens is 3. The van der Waals surface area contributed by atoms with Crippen molar-refractivity contribution in [2.75, 3.05) is 36.4 Å². The Morgan fingerprint density at radius 3 is 2.57 bits per heavy atom. The number of benzene rings is 1. The summed E-state index contributed by atoms with van der Waals surface area (Å²) in [6, 6.07) is 9.50. The number of amides is 1. The predicted octanol–water partition coefficient (Wildman–Crippen LogP) is 3.13. The maximum Gasteiger partial charge on any atom is 0.274 e. The third kappa shape index (κ3) is 4.07. The Morgan fingerprint density at radius 1 is 1.11 bits per heavy atom. The lowest BCUT2D eigenvalue weighted by molar-refractivity contribution is 0.0740. The molecule has 8 nitrogen and oxygen atoms in total. The number of aryl methyl sites for hydroxylation is 1. The van der Waals surface area contributed by atoms with Gasteiger partial charge in [0.1, 0.15) is 17.3 Å². The molecule has 1 saturated heterocycles. The van der Waals surface area contributed by atoms with Gasteiger partial charge >= 0.3 is 0 Å². The molecule has 2 aromatic heterocycles. The zero-order chi connectivity index (χ0) is 19.5. The highest BCUT2D eigenvalue weighted by atomic mass is 35.5. The first kappa shape index (κ1) is 18.2. The Hall–Kier alpha value is -3.13. The summed E-state index contributed by atoms with van der Waals surface area (Å²) >= 11 is 6.07. The highest BCUT2D eigenvalue weighted by Crippen LogP contribution is 2.21. The molecule has 0 bridgehead atoms. The molecule has 1 N–H and O–H groups in total. The van der Waals surface area contributed by atoms with Crippen molar-refractivity contribution in [3.8, 4) is 0 Å². The Labute approximate surface area is 167 Å². The molecule has 3 heterocycles. The predicted molar refractivity (Wildman–Crippen MR) is 106 cm³/mol. The summed E-state index contributed by atoms with van der Waals surface area (Å²) in [5.41, 5.74) is 1.39. The summed E-state index contributed by atoms with van der Waals surface area (Å²) in [4.78, 5) is 25.2. The van der Waals surface area contributed by atoms with Gasteiger partial charge in [0.25, 0.3) is 5.91 Å². The van der Waals surface area contributed by atoms with Crippen molar-refractivity contribution in [2.24, 2.45) is 0 Å². The van der Waals surface area contributed by atoms with E-state index in [1.54, 1.807) is 17.9 Å². The number of anilines is 3. The van der Waals surface area contributed by atoms with Crippen LogP contribution in [0.4, 0.5) is 17.3 Å². The summed E-state index contributed by atoms with van der Waals surface area (Å²) in [5.74, 6) is 1.61. The minimum Gasteiger partial charge on any atom is -0.368 e. The Morgan fingerprint density at radius 2 is 1.93 bits per heavy atom. The molecule has 0 spiro atoms. The van der Waals surface area contributed by atoms with Crippen LogP contribution in [0.25, 0.3) is 0 Å². The molecule has 0 atom stereocenters. The summed E-state index contributed by atoms with van der Waals surface area (Å²) in [5, 5.41) is 7.52. The quantitative estimate of drug-likeness (QED) is 0.722. The number of nitrogens with one attached hydrogen (secondary N) is 1. The van der Waals surface area contributed by atoms with Gasteiger partial charge in [-0.1, -0.05) is 22.8 Å². The zero-order valence-corrected chi connectivity index (χ0v) is 16.1. The van der Waals surface area contributed by atoms with E-state index >= 15 is 0 Å². The summed E-state index contributed by atoms with van der Waals surface area (Å²) in [6.07, 6.45) is 2.99. The van der Waals surface area contributed by atoms with E-state index < -0.39 is 0 Å². The highest BCUT2D eigenvalue weighted by Gasteiger charge is 2.23. The van der Waals surface area contributed by atoms with Crippen LogP contribution in [0.2, 0.25) is 5.02 Å². The molecule has 1 aliphatic rings. The van der Waals surface area contributed by atoms with Gasteiger partial charge in [-0.15, -0.1) is 0 Å². The smallest absolute Gasteiger partial charge is 0.274 e. The number of hydrogen-bond donors (Lipinski definition) is 1. The van der Waals surface area contributed by atoms with Crippen LogP contribution in [-0.2, 0) is 0 Å². The first-order chi connectivity index (χ1) is 13.6. The van der Waals surface area contributed by atoms with Crippen molar-refractivity contribution >= 4 is 34.8 Å². The highest BCUT2D eigenvalue weighted by molar-refractivity contribution is 6.30. The molecule has 1 aromatic carbocycles. The fourth-order valence-electron chi connectivity index (χ4n) is 3.06. The van der Waals surface area contributed by atoms with Gasteiger partial charge in [0, 0.05) is 43.0 Å². The number of carbonyl (C=O) groups is 1. The van der Waals surface area contributed by atoms with Gasteiger partial charge < -0.3 is 19.6 Å². The van der Waals surface area contributed by atoms with Crippen molar-refractivity contribution in [1.29, 1.82) is 0 Å². The van der Waals surface area contributed by atoms with E-state index in [1.807, 2.05) is 24.3 Å². The largest absolute Gasteiger partial charge is 0.368 e. The minimum atomic E-state index is -0.123. The lowest BCUT2D eigenvalue weighted by atomic mass is 10.2. The van der Waals surface area contributed by atoms with Gasteiger partial charge in [0.2, 0.25) is 0 Å². The SMILES string of the molecule is Cc1cc(Nc2cnc(C(=O)N3CCN(c4cccc(Cl)c4)CC3)cn2)no1. The molecule has 0 unspecified atom stereocenters. The van der Waals surface area contributed by atoms with E-state index in [-0.39, 0.29) is 5.91 Å². The zero-order valence-electron chi connectivity index (χ0n) is 15.3. The molecule has 1 aliphatic heterocycles. The van der Waals surface area contributed by atoms with Crippen molar-refractivity contribution in [2.45, 2.75) is 6.92 Å². The van der Waals surface area contributed by atoms with Crippen molar-refractivity contribution in [3.05, 3.63) is 59.2 Å². The first-order valence-corrected chi connectivity index (χ1v) is 9.28. The van der Waals surface area contributed by atoms with Crippen LogP contribution >= 0.6 is 11.6 Å². The van der Waals surface area contributed by atoms with Crippen LogP contribution in [0, 0.1) is 6.92 Å². The molecular weight excluding hydrogens is 380 g/mol. The van der Waals surface area contributed by atoms with Crippen LogP contribution in [0.3, 0.4) is 0 Å². The molecule has 4 rings (SSSR count). The number of piperazine rings is 1. The number of rotatable bonds is 4. The molecule has 0 radical (unpaired) electrons. The average Bonchev–Trinajstić information content (AvgIpc) is 3.13. The second kappa shape index (κ2) is 7.85. The summed E-state index contributed by atoms with van der Waals surface area (Å²) < 4.78 is 4.99. The van der Waals surface area contributed by atoms with E-state index in [1.165, 1.54) is 12.4 Å². The van der Waals surface area contributed by atoms with Crippen LogP contribution < -0.4 is 10.2 Å². The van der Waals surface area contributed by atoms with Crippen LogP contribution in [-0.4, -0.2) is 52.1 Å². The van der Waals surface area contributed by atoms with E-state index in [0.29, 0.717) is 41.2 Å². The van der Waals surface area contributed by atoms with E-state index in [2.05, 4.69) is 25.3 Å². The topological polar surface area (TPSA) is 87.4 Å². The maximum absolute atomic E-state index is 12.7. The fraction of sp³-hybridized carbons (Fsp3) is 0.263. The van der Waals surface area contributed by atoms with Gasteiger partial charge in [-0.2, -0.15) is 0 Å². The lowest BCUT2D eigenvalue weighted by Gasteiger charge is -2.36. The van der Waals surface area contributed by atoms with Gasteiger partial charge in [0.15, 0.2) is 5.82 Å². The van der Waals surface area contributed by atoms with Crippen LogP contribution in [0.5, 0.6) is 0 Å². The number of halogens is 1. The Kier molecular flexibility index (Phi) is 5.12. The lowest BCUT2D eigenvalue weighted by Crippen LogP contribution is -2.49. The van der Waals surface area contributed by atoms with Crippen LogP contribution in [0.1, 0.15) is 16.2 Å². The molecule has 1 amide bonds. The summed E-state index contributed by atoms with van der Waals surface area (Å²) in [6.45, 7) is 4.52. The van der Waals surface area contributed by atoms with Gasteiger partial charge in [-0.3, -0.25) is 4.79 Å². The van der Waals surface area contributed by atoms with E-state index in [4.69, 9.17) is 16.1 Å². The van der Waals surface area contributed by atoms with Crippen molar-refractivity contribution < 1.29 is 9.32 Å². The minimum absolute atomic E-state index is 0.123. The standard InChI is InChI=1S/C19H19ClN6O2/c1-13-9-17(24-28-13)23-18-12-21-16(11-22-18)19(27)26-7-5-25(6-8-26)15-4-2-3-14(20)10-15/h2-4,9-12H,5-8H2,1H3,(H,22,23,24). The molecule has 144 valence electrons. The second-order valence-corrected chi connectivity index (χ2v) is 6.93. The molecule has 28 heavy (non-hydrogen) atoms. The number of carbonyl (C=O) groups excluding carboxylic acids is 1. The Balaban J connectivity index is 1.36. The molecule has 0 aliphatic carbocycles. The number of hydrogen-bond acceptors (Lipinski definition) is 7.